The molecule has 4 aromatic rings. The number of thiazole rings is 1. The van der Waals surface area contributed by atoms with Gasteiger partial charge in [0, 0.05) is 25.7 Å². The van der Waals surface area contributed by atoms with Gasteiger partial charge in [0.05, 0.1) is 6.61 Å². The Balaban J connectivity index is 1.42. The van der Waals surface area contributed by atoms with E-state index in [1.807, 2.05) is 59.5 Å². The Hall–Kier alpha value is -3.56. The second kappa shape index (κ2) is 9.36. The summed E-state index contributed by atoms with van der Waals surface area (Å²) in [6.07, 6.45) is 1.62. The van der Waals surface area contributed by atoms with Crippen LogP contribution in [0.4, 0.5) is 5.13 Å². The van der Waals surface area contributed by atoms with Crippen molar-refractivity contribution in [1.29, 1.82) is 0 Å². The zero-order valence-corrected chi connectivity index (χ0v) is 19.6. The highest BCUT2D eigenvalue weighted by Gasteiger charge is 2.33. The predicted molar refractivity (Wildman–Crippen MR) is 133 cm³/mol. The first-order valence-corrected chi connectivity index (χ1v) is 12.0. The quantitative estimate of drug-likeness (QED) is 0.445. The number of amides is 1. The highest BCUT2D eigenvalue weighted by molar-refractivity contribution is 7.21. The van der Waals surface area contributed by atoms with E-state index in [-0.39, 0.29) is 24.1 Å². The summed E-state index contributed by atoms with van der Waals surface area (Å²) in [5, 5.41) is 13.0. The van der Waals surface area contributed by atoms with Crippen LogP contribution in [-0.2, 0) is 25.0 Å². The molecule has 0 spiro atoms. The average Bonchev–Trinajstić information content (AvgIpc) is 3.53. The maximum atomic E-state index is 13.1. The zero-order chi connectivity index (χ0) is 23.7. The van der Waals surface area contributed by atoms with Crippen molar-refractivity contribution >= 4 is 32.7 Å². The molecular weight excluding hydrogens is 450 g/mol. The number of fused-ring (bicyclic) bond motifs is 1. The summed E-state index contributed by atoms with van der Waals surface area (Å²) in [7, 11) is 1.68. The van der Waals surface area contributed by atoms with Gasteiger partial charge in [-0.1, -0.05) is 65.9 Å². The smallest absolute Gasteiger partial charge is 0.281 e. The highest BCUT2D eigenvalue weighted by atomic mass is 32.1. The van der Waals surface area contributed by atoms with Crippen LogP contribution in [0.3, 0.4) is 0 Å². The molecule has 1 saturated heterocycles. The molecule has 34 heavy (non-hydrogen) atoms. The van der Waals surface area contributed by atoms with Crippen LogP contribution in [0.25, 0.3) is 21.7 Å². The lowest BCUT2D eigenvalue weighted by Crippen LogP contribution is -2.43. The number of benzene rings is 2. The van der Waals surface area contributed by atoms with Crippen LogP contribution in [-0.4, -0.2) is 38.1 Å². The van der Waals surface area contributed by atoms with E-state index in [1.165, 1.54) is 15.9 Å². The molecule has 3 heterocycles. The van der Waals surface area contributed by atoms with Crippen molar-refractivity contribution in [3.05, 3.63) is 76.1 Å². The molecule has 0 radical (unpaired) electrons. The van der Waals surface area contributed by atoms with E-state index in [2.05, 4.69) is 10.3 Å². The molecular formula is C25H25N5O3S. The number of aliphatic hydroxyl groups excluding tert-OH is 1. The molecule has 174 valence electrons. The predicted octanol–water partition coefficient (Wildman–Crippen LogP) is 2.83. The maximum Gasteiger partial charge on any atom is 0.281 e. The van der Waals surface area contributed by atoms with Gasteiger partial charge in [-0.2, -0.15) is 0 Å². The van der Waals surface area contributed by atoms with Crippen molar-refractivity contribution in [2.75, 3.05) is 11.4 Å². The first-order valence-electron chi connectivity index (χ1n) is 11.2. The van der Waals surface area contributed by atoms with Crippen LogP contribution >= 0.6 is 11.3 Å². The fourth-order valence-electron chi connectivity index (χ4n) is 4.25. The number of nitrogens with one attached hydrogen (secondary N) is 1. The minimum absolute atomic E-state index is 0.0360. The number of rotatable bonds is 6. The minimum atomic E-state index is -0.321. The van der Waals surface area contributed by atoms with E-state index in [4.69, 9.17) is 4.98 Å². The number of carbonyl (C=O) groups excluding carboxylic acids is 1. The van der Waals surface area contributed by atoms with E-state index in [9.17, 15) is 14.7 Å². The SMILES string of the molecule is Cn1c(-c2ccc(CO)cc2)nc2sc(N3CCCC3C(=O)NCc3ccccc3)nc2c1=O. The molecule has 2 N–H and O–H groups in total. The molecule has 0 saturated carbocycles. The number of anilines is 1. The van der Waals surface area contributed by atoms with Gasteiger partial charge in [0.2, 0.25) is 5.91 Å². The van der Waals surface area contributed by atoms with Gasteiger partial charge in [0.25, 0.3) is 5.56 Å². The summed E-state index contributed by atoms with van der Waals surface area (Å²) < 4.78 is 1.49. The summed E-state index contributed by atoms with van der Waals surface area (Å²) in [5.41, 5.74) is 2.72. The van der Waals surface area contributed by atoms with Gasteiger partial charge in [-0.15, -0.1) is 0 Å². The number of hydrogen-bond acceptors (Lipinski definition) is 7. The third-order valence-corrected chi connectivity index (χ3v) is 7.12. The van der Waals surface area contributed by atoms with Gasteiger partial charge in [0.1, 0.15) is 11.9 Å². The monoisotopic (exact) mass is 475 g/mol. The number of aromatic nitrogens is 3. The Morgan fingerprint density at radius 1 is 1.12 bits per heavy atom. The normalized spacial score (nSPS) is 15.7. The largest absolute Gasteiger partial charge is 0.392 e. The molecule has 1 unspecified atom stereocenters. The van der Waals surface area contributed by atoms with E-state index in [0.717, 1.165) is 29.5 Å². The maximum absolute atomic E-state index is 13.1. The molecule has 0 bridgehead atoms. The fraction of sp³-hybridized carbons (Fsp3) is 0.280. The fourth-order valence-corrected chi connectivity index (χ4v) is 5.26. The van der Waals surface area contributed by atoms with Crippen molar-refractivity contribution in [2.45, 2.75) is 32.0 Å². The molecule has 0 aliphatic carbocycles. The Morgan fingerprint density at radius 3 is 2.62 bits per heavy atom. The highest BCUT2D eigenvalue weighted by Crippen LogP contribution is 2.32. The third kappa shape index (κ3) is 4.20. The average molecular weight is 476 g/mol. The lowest BCUT2D eigenvalue weighted by molar-refractivity contribution is -0.122. The first-order chi connectivity index (χ1) is 16.5. The Morgan fingerprint density at radius 2 is 1.88 bits per heavy atom. The van der Waals surface area contributed by atoms with E-state index in [0.29, 0.717) is 34.4 Å². The lowest BCUT2D eigenvalue weighted by atomic mass is 10.1. The van der Waals surface area contributed by atoms with Crippen LogP contribution in [0.1, 0.15) is 24.0 Å². The van der Waals surface area contributed by atoms with Gasteiger partial charge in [-0.3, -0.25) is 14.2 Å². The summed E-state index contributed by atoms with van der Waals surface area (Å²) in [6, 6.07) is 16.8. The van der Waals surface area contributed by atoms with Gasteiger partial charge in [0.15, 0.2) is 15.5 Å². The van der Waals surface area contributed by atoms with E-state index < -0.39 is 0 Å². The molecule has 2 aromatic heterocycles. The minimum Gasteiger partial charge on any atom is -0.392 e. The summed E-state index contributed by atoms with van der Waals surface area (Å²) >= 11 is 1.34. The molecule has 5 rings (SSSR count). The number of aliphatic hydroxyl groups is 1. The second-order valence-corrected chi connectivity index (χ2v) is 9.32. The molecule has 1 amide bonds. The van der Waals surface area contributed by atoms with Crippen molar-refractivity contribution in [2.24, 2.45) is 7.05 Å². The Kier molecular flexibility index (Phi) is 6.12. The molecule has 1 aliphatic rings. The lowest BCUT2D eigenvalue weighted by Gasteiger charge is -2.23. The number of carbonyl (C=O) groups is 1. The van der Waals surface area contributed by atoms with Crippen molar-refractivity contribution in [1.82, 2.24) is 19.9 Å². The molecule has 1 fully saturated rings. The van der Waals surface area contributed by atoms with Crippen molar-refractivity contribution < 1.29 is 9.90 Å². The van der Waals surface area contributed by atoms with Gasteiger partial charge >= 0.3 is 0 Å². The standard InChI is InChI=1S/C25H25N5O3S/c1-29-21(18-11-9-17(15-31)10-12-18)28-23-20(24(29)33)27-25(34-23)30-13-5-8-19(30)22(32)26-14-16-6-3-2-4-7-16/h2-4,6-7,9-12,19,31H,5,8,13-15H2,1H3,(H,26,32). The van der Waals surface area contributed by atoms with Crippen LogP contribution in [0.15, 0.2) is 59.4 Å². The van der Waals surface area contributed by atoms with Crippen LogP contribution in [0.5, 0.6) is 0 Å². The first kappa shape index (κ1) is 22.2. The van der Waals surface area contributed by atoms with Gasteiger partial charge < -0.3 is 15.3 Å². The van der Waals surface area contributed by atoms with Crippen LogP contribution in [0.2, 0.25) is 0 Å². The number of nitrogens with zero attached hydrogens (tertiary/aromatic N) is 4. The van der Waals surface area contributed by atoms with Crippen molar-refractivity contribution in [3.63, 3.8) is 0 Å². The van der Waals surface area contributed by atoms with E-state index in [1.54, 1.807) is 7.05 Å². The molecule has 1 aliphatic heterocycles. The second-order valence-electron chi connectivity index (χ2n) is 8.36. The zero-order valence-electron chi connectivity index (χ0n) is 18.8. The van der Waals surface area contributed by atoms with Crippen LogP contribution in [0, 0.1) is 0 Å². The molecule has 9 heteroatoms. The Bertz CT molecular complexity index is 1380. The van der Waals surface area contributed by atoms with Gasteiger partial charge in [-0.05, 0) is 24.0 Å². The van der Waals surface area contributed by atoms with Crippen molar-refractivity contribution in [3.8, 4) is 11.4 Å². The summed E-state index contributed by atoms with van der Waals surface area (Å²) in [5.74, 6) is 0.502. The number of hydrogen-bond donors (Lipinski definition) is 2. The van der Waals surface area contributed by atoms with Gasteiger partial charge in [-0.25, -0.2) is 9.97 Å². The molecule has 1 atom stereocenters. The summed E-state index contributed by atoms with van der Waals surface area (Å²) in [4.78, 5) is 37.9. The molecule has 2 aromatic carbocycles. The summed E-state index contributed by atoms with van der Waals surface area (Å²) in [6.45, 7) is 1.14. The molecule has 8 nitrogen and oxygen atoms in total. The van der Waals surface area contributed by atoms with E-state index >= 15 is 0 Å². The Labute approximate surface area is 200 Å². The van der Waals surface area contributed by atoms with Crippen LogP contribution < -0.4 is 15.8 Å². The third-order valence-electron chi connectivity index (χ3n) is 6.14. The topological polar surface area (TPSA) is 100 Å².